The third-order valence-electron chi connectivity index (χ3n) is 4.60. The first-order valence-corrected chi connectivity index (χ1v) is 7.91. The van der Waals surface area contributed by atoms with E-state index in [4.69, 9.17) is 9.47 Å². The summed E-state index contributed by atoms with van der Waals surface area (Å²) in [5.41, 5.74) is 2.50. The largest absolute Gasteiger partial charge is 0.496 e. The van der Waals surface area contributed by atoms with Crippen LogP contribution in [-0.2, 0) is 16.1 Å². The molecule has 1 aromatic heterocycles. The molecule has 1 aliphatic rings. The summed E-state index contributed by atoms with van der Waals surface area (Å²) in [5, 5.41) is 1.22. The van der Waals surface area contributed by atoms with Crippen LogP contribution in [0, 0.1) is 0 Å². The van der Waals surface area contributed by atoms with Gasteiger partial charge in [-0.2, -0.15) is 0 Å². The van der Waals surface area contributed by atoms with Crippen LogP contribution in [0.5, 0.6) is 5.75 Å². The van der Waals surface area contributed by atoms with Gasteiger partial charge in [-0.15, -0.1) is 0 Å². The average Bonchev–Trinajstić information content (AvgIpc) is 2.59. The average molecular weight is 323 g/mol. The molecule has 2 heterocycles. The molecule has 0 bridgehead atoms. The van der Waals surface area contributed by atoms with Crippen LogP contribution < -0.4 is 10.2 Å². The van der Waals surface area contributed by atoms with E-state index in [2.05, 4.69) is 4.57 Å². The van der Waals surface area contributed by atoms with Crippen LogP contribution in [-0.4, -0.2) is 17.6 Å². The topological polar surface area (TPSA) is 57.5 Å². The Labute approximate surface area is 138 Å². The van der Waals surface area contributed by atoms with E-state index in [0.717, 1.165) is 16.6 Å². The fourth-order valence-electron chi connectivity index (χ4n) is 3.64. The second-order valence-electron chi connectivity index (χ2n) is 5.97. The van der Waals surface area contributed by atoms with Crippen LogP contribution in [0.25, 0.3) is 21.8 Å². The molecule has 0 spiro atoms. The maximum atomic E-state index is 13.0. The number of carbonyl (C=O) groups excluding carboxylic acids is 1. The number of methoxy groups -OCH3 is 1. The van der Waals surface area contributed by atoms with Gasteiger partial charge in [-0.3, -0.25) is 9.59 Å². The number of pyridine rings is 1. The van der Waals surface area contributed by atoms with Gasteiger partial charge in [0, 0.05) is 30.8 Å². The molecule has 1 aliphatic heterocycles. The van der Waals surface area contributed by atoms with E-state index < -0.39 is 0 Å². The Morgan fingerprint density at radius 2 is 2.00 bits per heavy atom. The molecule has 1 unspecified atom stereocenters. The van der Waals surface area contributed by atoms with Crippen molar-refractivity contribution >= 4 is 27.8 Å². The Morgan fingerprint density at radius 3 is 2.75 bits per heavy atom. The molecule has 1 atom stereocenters. The highest BCUT2D eigenvalue weighted by Crippen LogP contribution is 2.38. The van der Waals surface area contributed by atoms with Crippen LogP contribution in [0.1, 0.15) is 25.0 Å². The fourth-order valence-corrected chi connectivity index (χ4v) is 3.64. The lowest BCUT2D eigenvalue weighted by atomic mass is 9.96. The van der Waals surface area contributed by atoms with Gasteiger partial charge >= 0.3 is 5.97 Å². The second kappa shape index (κ2) is 5.37. The molecule has 2 aromatic carbocycles. The molecular formula is C19H17NO4. The molecule has 0 saturated carbocycles. The minimum atomic E-state index is -0.337. The minimum Gasteiger partial charge on any atom is -0.496 e. The van der Waals surface area contributed by atoms with Gasteiger partial charge < -0.3 is 14.0 Å². The summed E-state index contributed by atoms with van der Waals surface area (Å²) >= 11 is 0. The quantitative estimate of drug-likeness (QED) is 0.537. The fraction of sp³-hybridized carbons (Fsp3) is 0.263. The van der Waals surface area contributed by atoms with Crippen molar-refractivity contribution in [1.82, 2.24) is 4.57 Å². The van der Waals surface area contributed by atoms with Crippen molar-refractivity contribution in [2.75, 3.05) is 7.11 Å². The number of fused-ring (bicyclic) bond motifs is 2. The summed E-state index contributed by atoms with van der Waals surface area (Å²) in [7, 11) is 1.56. The molecule has 0 radical (unpaired) electrons. The highest BCUT2D eigenvalue weighted by atomic mass is 16.5. The van der Waals surface area contributed by atoms with Crippen LogP contribution in [0.15, 0.2) is 41.2 Å². The van der Waals surface area contributed by atoms with E-state index in [1.807, 2.05) is 30.3 Å². The number of carbonyl (C=O) groups is 1. The highest BCUT2D eigenvalue weighted by Gasteiger charge is 2.27. The van der Waals surface area contributed by atoms with Crippen molar-refractivity contribution in [1.29, 1.82) is 0 Å². The Kier molecular flexibility index (Phi) is 3.30. The zero-order valence-corrected chi connectivity index (χ0v) is 13.5. The van der Waals surface area contributed by atoms with E-state index >= 15 is 0 Å². The van der Waals surface area contributed by atoms with Crippen LogP contribution in [0.3, 0.4) is 0 Å². The Bertz CT molecular complexity index is 1030. The number of rotatable bonds is 2. The van der Waals surface area contributed by atoms with Gasteiger partial charge in [-0.1, -0.05) is 12.1 Å². The van der Waals surface area contributed by atoms with E-state index in [-0.39, 0.29) is 17.5 Å². The molecule has 0 aliphatic carbocycles. The Hall–Kier alpha value is -2.82. The van der Waals surface area contributed by atoms with Crippen molar-refractivity contribution in [2.24, 2.45) is 0 Å². The first-order chi connectivity index (χ1) is 11.6. The Balaban J connectivity index is 2.17. The molecular weight excluding hydrogens is 306 g/mol. The SMILES string of the molecule is COc1ccc2c3c1c(=O)c1ccccc1n3CCC2OC(C)=O. The van der Waals surface area contributed by atoms with Gasteiger partial charge in [0.2, 0.25) is 5.43 Å². The lowest BCUT2D eigenvalue weighted by Crippen LogP contribution is -2.22. The summed E-state index contributed by atoms with van der Waals surface area (Å²) in [6.07, 6.45) is 0.345. The van der Waals surface area contributed by atoms with Crippen molar-refractivity contribution < 1.29 is 14.3 Å². The zero-order chi connectivity index (χ0) is 16.8. The molecule has 24 heavy (non-hydrogen) atoms. The first-order valence-electron chi connectivity index (χ1n) is 7.91. The van der Waals surface area contributed by atoms with Crippen LogP contribution in [0.4, 0.5) is 0 Å². The highest BCUT2D eigenvalue weighted by molar-refractivity contribution is 5.98. The lowest BCUT2D eigenvalue weighted by Gasteiger charge is -2.28. The molecule has 0 saturated heterocycles. The molecule has 0 N–H and O–H groups in total. The molecule has 0 fully saturated rings. The summed E-state index contributed by atoms with van der Waals surface area (Å²) in [6.45, 7) is 2.08. The molecule has 5 nitrogen and oxygen atoms in total. The van der Waals surface area contributed by atoms with Crippen molar-refractivity contribution in [2.45, 2.75) is 26.0 Å². The number of aryl methyl sites for hydroxylation is 1. The van der Waals surface area contributed by atoms with E-state index in [9.17, 15) is 9.59 Å². The molecule has 5 heteroatoms. The predicted octanol–water partition coefficient (Wildman–Crippen LogP) is 3.17. The van der Waals surface area contributed by atoms with Gasteiger partial charge in [-0.05, 0) is 24.3 Å². The van der Waals surface area contributed by atoms with Gasteiger partial charge in [0.15, 0.2) is 0 Å². The van der Waals surface area contributed by atoms with Crippen LogP contribution in [0.2, 0.25) is 0 Å². The van der Waals surface area contributed by atoms with Gasteiger partial charge in [0.05, 0.1) is 23.5 Å². The summed E-state index contributed by atoms with van der Waals surface area (Å²) < 4.78 is 13.0. The second-order valence-corrected chi connectivity index (χ2v) is 5.97. The van der Waals surface area contributed by atoms with E-state index in [0.29, 0.717) is 29.5 Å². The molecule has 3 aromatic rings. The number of esters is 1. The lowest BCUT2D eigenvalue weighted by molar-refractivity contribution is -0.147. The zero-order valence-electron chi connectivity index (χ0n) is 13.5. The normalized spacial score (nSPS) is 16.3. The standard InChI is InChI=1S/C19H17NO4/c1-11(21)24-15-9-10-20-14-6-4-3-5-12(14)19(22)17-16(23-2)8-7-13(15)18(17)20/h3-8,15H,9-10H2,1-2H3. The van der Waals surface area contributed by atoms with Gasteiger partial charge in [0.1, 0.15) is 11.9 Å². The summed E-state index contributed by atoms with van der Waals surface area (Å²) in [4.78, 5) is 24.5. The van der Waals surface area contributed by atoms with Crippen molar-refractivity contribution in [3.05, 3.63) is 52.2 Å². The number of benzene rings is 2. The van der Waals surface area contributed by atoms with Crippen LogP contribution >= 0.6 is 0 Å². The molecule has 0 amide bonds. The van der Waals surface area contributed by atoms with Crippen molar-refractivity contribution in [3.8, 4) is 5.75 Å². The molecule has 4 rings (SSSR count). The number of ether oxygens (including phenoxy) is 2. The van der Waals surface area contributed by atoms with E-state index in [1.165, 1.54) is 6.92 Å². The van der Waals surface area contributed by atoms with E-state index in [1.54, 1.807) is 13.2 Å². The smallest absolute Gasteiger partial charge is 0.303 e. The number of hydrogen-bond donors (Lipinski definition) is 0. The van der Waals surface area contributed by atoms with Gasteiger partial charge in [-0.25, -0.2) is 0 Å². The maximum Gasteiger partial charge on any atom is 0.303 e. The summed E-state index contributed by atoms with van der Waals surface area (Å²) in [5.74, 6) is 0.224. The van der Waals surface area contributed by atoms with Gasteiger partial charge in [0.25, 0.3) is 0 Å². The Morgan fingerprint density at radius 1 is 1.21 bits per heavy atom. The number of hydrogen-bond acceptors (Lipinski definition) is 4. The summed E-state index contributed by atoms with van der Waals surface area (Å²) in [6, 6.07) is 11.2. The maximum absolute atomic E-state index is 13.0. The minimum absolute atomic E-state index is 0.0565. The number of aromatic nitrogens is 1. The third kappa shape index (κ3) is 2.01. The predicted molar refractivity (Wildman–Crippen MR) is 91.4 cm³/mol. The number of para-hydroxylation sites is 1. The number of nitrogens with zero attached hydrogens (tertiary/aromatic N) is 1. The molecule has 122 valence electrons. The monoisotopic (exact) mass is 323 g/mol. The first kappa shape index (κ1) is 14.8. The van der Waals surface area contributed by atoms with Crippen molar-refractivity contribution in [3.63, 3.8) is 0 Å². The third-order valence-corrected chi connectivity index (χ3v) is 4.60.